The van der Waals surface area contributed by atoms with E-state index in [1.807, 2.05) is 24.3 Å². The van der Waals surface area contributed by atoms with Crippen LogP contribution in [0.4, 0.5) is 5.69 Å². The first-order valence-electron chi connectivity index (χ1n) is 9.26. The van der Waals surface area contributed by atoms with Crippen LogP contribution in [-0.2, 0) is 14.8 Å². The molecule has 0 bridgehead atoms. The summed E-state index contributed by atoms with van der Waals surface area (Å²) in [6.07, 6.45) is 1.79. The molecule has 2 aromatic carbocycles. The van der Waals surface area contributed by atoms with Gasteiger partial charge in [0.15, 0.2) is 0 Å². The van der Waals surface area contributed by atoms with Gasteiger partial charge in [0.2, 0.25) is 15.9 Å². The van der Waals surface area contributed by atoms with Gasteiger partial charge in [0.05, 0.1) is 25.1 Å². The van der Waals surface area contributed by atoms with E-state index in [-0.39, 0.29) is 18.5 Å². The molecule has 0 aliphatic heterocycles. The van der Waals surface area contributed by atoms with E-state index >= 15 is 0 Å². The van der Waals surface area contributed by atoms with Crippen molar-refractivity contribution in [3.63, 3.8) is 0 Å². The van der Waals surface area contributed by atoms with E-state index in [9.17, 15) is 13.2 Å². The second-order valence-corrected chi connectivity index (χ2v) is 9.61. The minimum absolute atomic E-state index is 0.236. The highest BCUT2D eigenvalue weighted by atomic mass is 35.5. The van der Waals surface area contributed by atoms with Crippen molar-refractivity contribution in [3.05, 3.63) is 59.1 Å². The molecule has 0 radical (unpaired) electrons. The van der Waals surface area contributed by atoms with Crippen molar-refractivity contribution in [3.8, 4) is 5.75 Å². The lowest BCUT2D eigenvalue weighted by Crippen LogP contribution is -2.41. The van der Waals surface area contributed by atoms with Crippen LogP contribution in [0.25, 0.3) is 0 Å². The number of benzene rings is 2. The van der Waals surface area contributed by atoms with Gasteiger partial charge in [-0.25, -0.2) is 8.42 Å². The summed E-state index contributed by atoms with van der Waals surface area (Å²) in [5, 5.41) is 3.46. The summed E-state index contributed by atoms with van der Waals surface area (Å²) in [5.74, 6) is 0.686. The van der Waals surface area contributed by atoms with E-state index < -0.39 is 10.0 Å². The Morgan fingerprint density at radius 1 is 1.10 bits per heavy atom. The van der Waals surface area contributed by atoms with Gasteiger partial charge in [0, 0.05) is 5.02 Å². The fourth-order valence-corrected chi connectivity index (χ4v) is 3.95. The third-order valence-electron chi connectivity index (χ3n) is 4.36. The zero-order valence-corrected chi connectivity index (χ0v) is 18.6. The molecule has 1 amide bonds. The van der Waals surface area contributed by atoms with Crippen molar-refractivity contribution in [1.82, 2.24) is 5.32 Å². The maximum Gasteiger partial charge on any atom is 0.241 e. The molecule has 2 aromatic rings. The monoisotopic (exact) mass is 438 g/mol. The second-order valence-electron chi connectivity index (χ2n) is 7.27. The minimum Gasteiger partial charge on any atom is -0.497 e. The van der Waals surface area contributed by atoms with E-state index in [0.29, 0.717) is 16.6 Å². The maximum atomic E-state index is 12.8. The summed E-state index contributed by atoms with van der Waals surface area (Å²) >= 11 is 5.89. The molecule has 0 aliphatic carbocycles. The van der Waals surface area contributed by atoms with Crippen molar-refractivity contribution in [2.45, 2.75) is 26.3 Å². The third kappa shape index (κ3) is 6.94. The van der Waals surface area contributed by atoms with E-state index in [2.05, 4.69) is 19.2 Å². The SMILES string of the molecule is COc1ccc([C@@H](CC(C)C)NC(=O)CN(c2ccc(Cl)cc2)S(C)(=O)=O)cc1. The predicted octanol–water partition coefficient (Wildman–Crippen LogP) is 4.02. The number of methoxy groups -OCH3 is 1. The second kappa shape index (κ2) is 9.98. The lowest BCUT2D eigenvalue weighted by molar-refractivity contribution is -0.120. The lowest BCUT2D eigenvalue weighted by Gasteiger charge is -2.25. The van der Waals surface area contributed by atoms with Gasteiger partial charge >= 0.3 is 0 Å². The molecule has 0 unspecified atom stereocenters. The first-order valence-corrected chi connectivity index (χ1v) is 11.5. The zero-order valence-electron chi connectivity index (χ0n) is 17.1. The summed E-state index contributed by atoms with van der Waals surface area (Å²) in [5.41, 5.74) is 1.32. The number of carbonyl (C=O) groups is 1. The predicted molar refractivity (Wildman–Crippen MR) is 117 cm³/mol. The number of anilines is 1. The van der Waals surface area contributed by atoms with Crippen LogP contribution in [0.2, 0.25) is 5.02 Å². The van der Waals surface area contributed by atoms with Gasteiger partial charge in [-0.05, 0) is 54.3 Å². The molecular weight excluding hydrogens is 412 g/mol. The van der Waals surface area contributed by atoms with Crippen LogP contribution in [0.3, 0.4) is 0 Å². The molecule has 2 rings (SSSR count). The Labute approximate surface area is 177 Å². The van der Waals surface area contributed by atoms with Crippen LogP contribution in [0.15, 0.2) is 48.5 Å². The quantitative estimate of drug-likeness (QED) is 0.641. The molecule has 0 saturated carbocycles. The van der Waals surface area contributed by atoms with Gasteiger partial charge in [-0.2, -0.15) is 0 Å². The highest BCUT2D eigenvalue weighted by molar-refractivity contribution is 7.92. The molecular formula is C21H27ClN2O4S. The van der Waals surface area contributed by atoms with Crippen LogP contribution >= 0.6 is 11.6 Å². The Morgan fingerprint density at radius 3 is 2.17 bits per heavy atom. The van der Waals surface area contributed by atoms with Crippen LogP contribution in [0.5, 0.6) is 5.75 Å². The van der Waals surface area contributed by atoms with Crippen molar-refractivity contribution in [2.75, 3.05) is 24.2 Å². The summed E-state index contributed by atoms with van der Waals surface area (Å²) in [6, 6.07) is 13.6. The summed E-state index contributed by atoms with van der Waals surface area (Å²) in [6.45, 7) is 3.82. The fraction of sp³-hybridized carbons (Fsp3) is 0.381. The molecule has 0 aliphatic rings. The topological polar surface area (TPSA) is 75.7 Å². The number of nitrogens with one attached hydrogen (secondary N) is 1. The molecule has 8 heteroatoms. The number of nitrogens with zero attached hydrogens (tertiary/aromatic N) is 1. The van der Waals surface area contributed by atoms with E-state index in [0.717, 1.165) is 28.3 Å². The number of sulfonamides is 1. The number of halogens is 1. The Hall–Kier alpha value is -2.25. The molecule has 0 aromatic heterocycles. The van der Waals surface area contributed by atoms with Crippen molar-refractivity contribution in [1.29, 1.82) is 0 Å². The summed E-state index contributed by atoms with van der Waals surface area (Å²) < 4.78 is 30.8. The summed E-state index contributed by atoms with van der Waals surface area (Å²) in [7, 11) is -2.05. The Kier molecular flexibility index (Phi) is 7.93. The van der Waals surface area contributed by atoms with Gasteiger partial charge in [-0.3, -0.25) is 9.10 Å². The van der Waals surface area contributed by atoms with Gasteiger partial charge in [0.1, 0.15) is 12.3 Å². The Morgan fingerprint density at radius 2 is 1.69 bits per heavy atom. The van der Waals surface area contributed by atoms with Crippen molar-refractivity contribution >= 4 is 33.2 Å². The van der Waals surface area contributed by atoms with Crippen LogP contribution in [0.1, 0.15) is 31.9 Å². The normalized spacial score (nSPS) is 12.5. The summed E-state index contributed by atoms with van der Waals surface area (Å²) in [4.78, 5) is 12.8. The standard InChI is InChI=1S/C21H27ClN2O4S/c1-15(2)13-20(16-5-11-19(28-3)12-6-16)23-21(25)14-24(29(4,26)27)18-9-7-17(22)8-10-18/h5-12,15,20H,13-14H2,1-4H3,(H,23,25)/t20-/m1/s1. The van der Waals surface area contributed by atoms with Crippen molar-refractivity contribution < 1.29 is 17.9 Å². The smallest absolute Gasteiger partial charge is 0.241 e. The number of hydrogen-bond acceptors (Lipinski definition) is 4. The van der Waals surface area contributed by atoms with Crippen molar-refractivity contribution in [2.24, 2.45) is 5.92 Å². The number of ether oxygens (including phenoxy) is 1. The first kappa shape index (κ1) is 23.0. The highest BCUT2D eigenvalue weighted by Crippen LogP contribution is 2.24. The third-order valence-corrected chi connectivity index (χ3v) is 5.76. The van der Waals surface area contributed by atoms with Crippen LogP contribution in [0, 0.1) is 5.92 Å². The van der Waals surface area contributed by atoms with Crippen LogP contribution in [-0.4, -0.2) is 34.2 Å². The molecule has 0 saturated heterocycles. The van der Waals surface area contributed by atoms with Gasteiger partial charge in [0.25, 0.3) is 0 Å². The number of hydrogen-bond donors (Lipinski definition) is 1. The molecule has 158 valence electrons. The Bertz CT molecular complexity index is 913. The maximum absolute atomic E-state index is 12.8. The highest BCUT2D eigenvalue weighted by Gasteiger charge is 2.23. The average molecular weight is 439 g/mol. The van der Waals surface area contributed by atoms with Gasteiger partial charge < -0.3 is 10.1 Å². The first-order chi connectivity index (χ1) is 13.6. The van der Waals surface area contributed by atoms with Crippen LogP contribution < -0.4 is 14.4 Å². The molecule has 0 heterocycles. The van der Waals surface area contributed by atoms with Gasteiger partial charge in [-0.1, -0.05) is 37.6 Å². The lowest BCUT2D eigenvalue weighted by atomic mass is 9.97. The minimum atomic E-state index is -3.65. The van der Waals surface area contributed by atoms with E-state index in [1.54, 1.807) is 31.4 Å². The molecule has 6 nitrogen and oxygen atoms in total. The Balaban J connectivity index is 2.20. The molecule has 0 fully saturated rings. The number of carbonyl (C=O) groups excluding carboxylic acids is 1. The molecule has 29 heavy (non-hydrogen) atoms. The molecule has 0 spiro atoms. The molecule has 1 N–H and O–H groups in total. The largest absolute Gasteiger partial charge is 0.497 e. The van der Waals surface area contributed by atoms with E-state index in [1.165, 1.54) is 0 Å². The zero-order chi connectivity index (χ0) is 21.6. The molecule has 1 atom stereocenters. The van der Waals surface area contributed by atoms with E-state index in [4.69, 9.17) is 16.3 Å². The number of amides is 1. The fourth-order valence-electron chi connectivity index (χ4n) is 2.96. The number of rotatable bonds is 9. The average Bonchev–Trinajstić information content (AvgIpc) is 2.65. The van der Waals surface area contributed by atoms with Gasteiger partial charge in [-0.15, -0.1) is 0 Å².